The number of aromatic nitrogens is 2. The molecule has 0 aromatic carbocycles. The molecule has 0 saturated heterocycles. The van der Waals surface area contributed by atoms with Crippen LogP contribution in [-0.4, -0.2) is 32.7 Å². The van der Waals surface area contributed by atoms with Crippen LogP contribution >= 0.6 is 0 Å². The van der Waals surface area contributed by atoms with Gasteiger partial charge in [0.25, 0.3) is 5.91 Å². The average molecular weight is 344 g/mol. The van der Waals surface area contributed by atoms with Crippen LogP contribution in [0.4, 0.5) is 10.6 Å². The second-order valence-corrected chi connectivity index (χ2v) is 6.23. The number of nitrogens with one attached hydrogen (secondary N) is 2. The zero-order valence-corrected chi connectivity index (χ0v) is 14.2. The first kappa shape index (κ1) is 18.2. The average Bonchev–Trinajstić information content (AvgIpc) is 2.53. The van der Waals surface area contributed by atoms with Gasteiger partial charge in [0.2, 0.25) is 0 Å². The number of carbonyl (C=O) groups excluding carboxylic acids is 2. The largest absolute Gasteiger partial charge is 0.505 e. The molecule has 3 N–H and O–H groups in total. The van der Waals surface area contributed by atoms with E-state index in [0.29, 0.717) is 5.82 Å². The summed E-state index contributed by atoms with van der Waals surface area (Å²) >= 11 is 0. The molecule has 0 spiro atoms. The number of ether oxygens (including phenoxy) is 1. The van der Waals surface area contributed by atoms with Gasteiger partial charge in [0.1, 0.15) is 17.2 Å². The molecule has 0 atom stereocenters. The van der Waals surface area contributed by atoms with Gasteiger partial charge in [-0.2, -0.15) is 0 Å². The molecule has 0 unspecified atom stereocenters. The number of alkyl carbamates (subject to hydrolysis) is 1. The Morgan fingerprint density at radius 2 is 1.96 bits per heavy atom. The van der Waals surface area contributed by atoms with Crippen molar-refractivity contribution in [1.82, 2.24) is 15.3 Å². The minimum absolute atomic E-state index is 0.0834. The SMILES string of the molecule is CC(C)(C)OC(=O)NCc1ccc(NC(=O)c2ncccc2O)nc1. The van der Waals surface area contributed by atoms with Crippen LogP contribution in [-0.2, 0) is 11.3 Å². The maximum atomic E-state index is 12.0. The molecule has 0 aliphatic rings. The molecular weight excluding hydrogens is 324 g/mol. The van der Waals surface area contributed by atoms with E-state index in [-0.39, 0.29) is 18.0 Å². The lowest BCUT2D eigenvalue weighted by Gasteiger charge is -2.19. The molecule has 2 rings (SSSR count). The molecule has 2 aromatic heterocycles. The van der Waals surface area contributed by atoms with Crippen LogP contribution in [0.1, 0.15) is 36.8 Å². The number of anilines is 1. The fourth-order valence-corrected chi connectivity index (χ4v) is 1.84. The number of rotatable bonds is 4. The number of nitrogens with zero attached hydrogens (tertiary/aromatic N) is 2. The Morgan fingerprint density at radius 3 is 2.56 bits per heavy atom. The number of amides is 2. The van der Waals surface area contributed by atoms with Crippen molar-refractivity contribution in [3.63, 3.8) is 0 Å². The summed E-state index contributed by atoms with van der Waals surface area (Å²) in [5, 5.41) is 14.8. The summed E-state index contributed by atoms with van der Waals surface area (Å²) in [6.07, 6.45) is 2.41. The third-order valence-electron chi connectivity index (χ3n) is 2.90. The Bertz CT molecular complexity index is 754. The van der Waals surface area contributed by atoms with Crippen molar-refractivity contribution in [1.29, 1.82) is 0 Å². The van der Waals surface area contributed by atoms with Crippen molar-refractivity contribution >= 4 is 17.8 Å². The van der Waals surface area contributed by atoms with Crippen molar-refractivity contribution in [3.05, 3.63) is 47.9 Å². The van der Waals surface area contributed by atoms with Gasteiger partial charge in [-0.1, -0.05) is 6.07 Å². The molecule has 8 nitrogen and oxygen atoms in total. The summed E-state index contributed by atoms with van der Waals surface area (Å²) in [4.78, 5) is 31.5. The van der Waals surface area contributed by atoms with Crippen LogP contribution < -0.4 is 10.6 Å². The number of carbonyl (C=O) groups is 2. The van der Waals surface area contributed by atoms with Gasteiger partial charge in [-0.3, -0.25) is 4.79 Å². The van der Waals surface area contributed by atoms with Crippen LogP contribution in [0.15, 0.2) is 36.7 Å². The maximum absolute atomic E-state index is 12.0. The fourth-order valence-electron chi connectivity index (χ4n) is 1.84. The lowest BCUT2D eigenvalue weighted by atomic mass is 10.2. The lowest BCUT2D eigenvalue weighted by molar-refractivity contribution is 0.0523. The Hall–Kier alpha value is -3.16. The summed E-state index contributed by atoms with van der Waals surface area (Å²) < 4.78 is 5.14. The van der Waals surface area contributed by atoms with E-state index >= 15 is 0 Å². The highest BCUT2D eigenvalue weighted by molar-refractivity contribution is 6.04. The normalized spacial score (nSPS) is 10.8. The maximum Gasteiger partial charge on any atom is 0.407 e. The topological polar surface area (TPSA) is 113 Å². The van der Waals surface area contributed by atoms with Crippen LogP contribution in [0.25, 0.3) is 0 Å². The van der Waals surface area contributed by atoms with Gasteiger partial charge >= 0.3 is 6.09 Å². The molecule has 0 aliphatic heterocycles. The molecule has 8 heteroatoms. The standard InChI is InChI=1S/C17H20N4O4/c1-17(2,3)25-16(24)20-10-11-6-7-13(19-9-11)21-15(23)14-12(22)5-4-8-18-14/h4-9,22H,10H2,1-3H3,(H,20,24)(H,19,21,23). The molecule has 0 fully saturated rings. The van der Waals surface area contributed by atoms with Gasteiger partial charge in [-0.25, -0.2) is 14.8 Å². The molecule has 2 aromatic rings. The molecule has 0 saturated carbocycles. The van der Waals surface area contributed by atoms with E-state index in [9.17, 15) is 14.7 Å². The van der Waals surface area contributed by atoms with E-state index < -0.39 is 17.6 Å². The Morgan fingerprint density at radius 1 is 1.20 bits per heavy atom. The fraction of sp³-hybridized carbons (Fsp3) is 0.294. The van der Waals surface area contributed by atoms with Gasteiger partial charge in [0, 0.05) is 18.9 Å². The number of hydrogen-bond donors (Lipinski definition) is 3. The quantitative estimate of drug-likeness (QED) is 0.785. The molecule has 2 amide bonds. The Labute approximate surface area is 145 Å². The number of hydrogen-bond acceptors (Lipinski definition) is 6. The van der Waals surface area contributed by atoms with E-state index in [2.05, 4.69) is 20.6 Å². The zero-order valence-electron chi connectivity index (χ0n) is 14.2. The van der Waals surface area contributed by atoms with E-state index in [0.717, 1.165) is 5.56 Å². The second-order valence-electron chi connectivity index (χ2n) is 6.23. The number of aromatic hydroxyl groups is 1. The molecule has 2 heterocycles. The summed E-state index contributed by atoms with van der Waals surface area (Å²) in [7, 11) is 0. The van der Waals surface area contributed by atoms with Crippen molar-refractivity contribution in [2.24, 2.45) is 0 Å². The third kappa shape index (κ3) is 5.76. The highest BCUT2D eigenvalue weighted by Crippen LogP contribution is 2.14. The van der Waals surface area contributed by atoms with E-state index in [1.165, 1.54) is 24.5 Å². The predicted octanol–water partition coefficient (Wildman–Crippen LogP) is 2.46. The van der Waals surface area contributed by atoms with Crippen molar-refractivity contribution in [2.75, 3.05) is 5.32 Å². The summed E-state index contributed by atoms with van der Waals surface area (Å²) in [6, 6.07) is 6.19. The van der Waals surface area contributed by atoms with Gasteiger partial charge in [-0.05, 0) is 44.5 Å². The van der Waals surface area contributed by atoms with Crippen molar-refractivity contribution < 1.29 is 19.4 Å². The molecule has 25 heavy (non-hydrogen) atoms. The minimum atomic E-state index is -0.565. The molecule has 0 aliphatic carbocycles. The molecule has 0 bridgehead atoms. The molecule has 132 valence electrons. The first-order valence-electron chi connectivity index (χ1n) is 7.62. The Kier molecular flexibility index (Phi) is 5.53. The van der Waals surface area contributed by atoms with Crippen LogP contribution in [0, 0.1) is 0 Å². The monoisotopic (exact) mass is 344 g/mol. The number of pyridine rings is 2. The van der Waals surface area contributed by atoms with Crippen LogP contribution in [0.3, 0.4) is 0 Å². The van der Waals surface area contributed by atoms with Crippen LogP contribution in [0.2, 0.25) is 0 Å². The first-order valence-corrected chi connectivity index (χ1v) is 7.62. The third-order valence-corrected chi connectivity index (χ3v) is 2.90. The van der Waals surface area contributed by atoms with E-state index in [4.69, 9.17) is 4.74 Å². The van der Waals surface area contributed by atoms with Crippen LogP contribution in [0.5, 0.6) is 5.75 Å². The summed E-state index contributed by atoms with van der Waals surface area (Å²) in [6.45, 7) is 5.60. The first-order chi connectivity index (χ1) is 11.7. The lowest BCUT2D eigenvalue weighted by Crippen LogP contribution is -2.32. The minimum Gasteiger partial charge on any atom is -0.505 e. The molecular formula is C17H20N4O4. The smallest absolute Gasteiger partial charge is 0.407 e. The van der Waals surface area contributed by atoms with Crippen molar-refractivity contribution in [3.8, 4) is 5.75 Å². The van der Waals surface area contributed by atoms with Gasteiger partial charge in [0.15, 0.2) is 5.69 Å². The van der Waals surface area contributed by atoms with Gasteiger partial charge in [-0.15, -0.1) is 0 Å². The highest BCUT2D eigenvalue weighted by Gasteiger charge is 2.16. The zero-order chi connectivity index (χ0) is 18.4. The summed E-state index contributed by atoms with van der Waals surface area (Å²) in [5.41, 5.74) is 0.0950. The van der Waals surface area contributed by atoms with Gasteiger partial charge in [0.05, 0.1) is 0 Å². The second kappa shape index (κ2) is 7.61. The predicted molar refractivity (Wildman–Crippen MR) is 91.2 cm³/mol. The van der Waals surface area contributed by atoms with Crippen molar-refractivity contribution in [2.45, 2.75) is 32.9 Å². The van der Waals surface area contributed by atoms with E-state index in [1.807, 2.05) is 0 Å². The Balaban J connectivity index is 1.91. The highest BCUT2D eigenvalue weighted by atomic mass is 16.6. The molecule has 0 radical (unpaired) electrons. The van der Waals surface area contributed by atoms with E-state index in [1.54, 1.807) is 32.9 Å². The van der Waals surface area contributed by atoms with Gasteiger partial charge < -0.3 is 20.5 Å². The summed E-state index contributed by atoms with van der Waals surface area (Å²) in [5.74, 6) is -0.473.